The molecule has 0 fully saturated rings. The van der Waals surface area contributed by atoms with Gasteiger partial charge < -0.3 is 4.74 Å². The zero-order valence-electron chi connectivity index (χ0n) is 8.84. The van der Waals surface area contributed by atoms with Gasteiger partial charge in [-0.15, -0.1) is 0 Å². The third-order valence-electron chi connectivity index (χ3n) is 1.91. The van der Waals surface area contributed by atoms with Gasteiger partial charge in [0.05, 0.1) is 12.3 Å². The summed E-state index contributed by atoms with van der Waals surface area (Å²) in [5.74, 6) is -0.888. The minimum absolute atomic E-state index is 0.0814. The lowest BCUT2D eigenvalue weighted by molar-refractivity contribution is 0.0515. The standard InChI is InChI=1S/C10H9BrClF2NO2/c1-2-17-10(16)7-6(9(13)14)3-5(4-11)15-8(7)12/h3,9H,2,4H2,1H3. The second kappa shape index (κ2) is 6.26. The maximum absolute atomic E-state index is 12.8. The van der Waals surface area contributed by atoms with E-state index in [4.69, 9.17) is 11.6 Å². The summed E-state index contributed by atoms with van der Waals surface area (Å²) < 4.78 is 30.3. The van der Waals surface area contributed by atoms with Gasteiger partial charge >= 0.3 is 5.97 Å². The molecule has 0 aromatic carbocycles. The Morgan fingerprint density at radius 2 is 2.29 bits per heavy atom. The topological polar surface area (TPSA) is 39.2 Å². The number of hydrogen-bond donors (Lipinski definition) is 0. The lowest BCUT2D eigenvalue weighted by Gasteiger charge is -2.10. The summed E-state index contributed by atoms with van der Waals surface area (Å²) in [5, 5.41) is 0.00549. The Labute approximate surface area is 110 Å². The van der Waals surface area contributed by atoms with Crippen LogP contribution >= 0.6 is 27.5 Å². The van der Waals surface area contributed by atoms with Crippen LogP contribution in [0.15, 0.2) is 6.07 Å². The molecule has 0 spiro atoms. The molecule has 0 bridgehead atoms. The van der Waals surface area contributed by atoms with Gasteiger partial charge in [-0.05, 0) is 13.0 Å². The van der Waals surface area contributed by atoms with Crippen molar-refractivity contribution in [3.63, 3.8) is 0 Å². The summed E-state index contributed by atoms with van der Waals surface area (Å²) in [6.45, 7) is 1.66. The van der Waals surface area contributed by atoms with E-state index >= 15 is 0 Å². The molecule has 1 aromatic heterocycles. The van der Waals surface area contributed by atoms with Crippen LogP contribution in [0.4, 0.5) is 8.78 Å². The van der Waals surface area contributed by atoms with Crippen molar-refractivity contribution in [2.24, 2.45) is 0 Å². The monoisotopic (exact) mass is 327 g/mol. The van der Waals surface area contributed by atoms with Crippen molar-refractivity contribution in [2.75, 3.05) is 6.61 Å². The van der Waals surface area contributed by atoms with Crippen molar-refractivity contribution >= 4 is 33.5 Å². The van der Waals surface area contributed by atoms with Crippen molar-refractivity contribution in [3.8, 4) is 0 Å². The maximum Gasteiger partial charge on any atom is 0.341 e. The molecule has 94 valence electrons. The number of hydrogen-bond acceptors (Lipinski definition) is 3. The largest absolute Gasteiger partial charge is 0.462 e. The Morgan fingerprint density at radius 1 is 1.65 bits per heavy atom. The number of aromatic nitrogens is 1. The second-order valence-electron chi connectivity index (χ2n) is 3.02. The normalized spacial score (nSPS) is 10.7. The van der Waals surface area contributed by atoms with Crippen molar-refractivity contribution < 1.29 is 18.3 Å². The zero-order chi connectivity index (χ0) is 13.0. The molecule has 0 N–H and O–H groups in total. The molecule has 0 saturated carbocycles. The van der Waals surface area contributed by atoms with Gasteiger partial charge in [-0.2, -0.15) is 0 Å². The number of pyridine rings is 1. The van der Waals surface area contributed by atoms with Gasteiger partial charge in [0, 0.05) is 10.9 Å². The van der Waals surface area contributed by atoms with Gasteiger partial charge in [0.1, 0.15) is 10.7 Å². The van der Waals surface area contributed by atoms with Gasteiger partial charge in [-0.25, -0.2) is 18.6 Å². The lowest BCUT2D eigenvalue weighted by atomic mass is 10.1. The molecule has 1 rings (SSSR count). The minimum Gasteiger partial charge on any atom is -0.462 e. The van der Waals surface area contributed by atoms with Crippen molar-refractivity contribution in [1.82, 2.24) is 4.98 Å². The predicted octanol–water partition coefficient (Wildman–Crippen LogP) is 3.74. The van der Waals surface area contributed by atoms with Crippen LogP contribution in [0, 0.1) is 0 Å². The van der Waals surface area contributed by atoms with E-state index in [-0.39, 0.29) is 22.7 Å². The summed E-state index contributed by atoms with van der Waals surface area (Å²) in [7, 11) is 0. The highest BCUT2D eigenvalue weighted by molar-refractivity contribution is 9.08. The fraction of sp³-hybridized carbons (Fsp3) is 0.400. The summed E-state index contributed by atoms with van der Waals surface area (Å²) in [6.07, 6.45) is -2.81. The Bertz CT molecular complexity index is 429. The van der Waals surface area contributed by atoms with Crippen LogP contribution in [-0.2, 0) is 10.1 Å². The van der Waals surface area contributed by atoms with Gasteiger partial charge in [0.15, 0.2) is 0 Å². The third kappa shape index (κ3) is 3.35. The number of ether oxygens (including phenoxy) is 1. The lowest BCUT2D eigenvalue weighted by Crippen LogP contribution is -2.11. The zero-order valence-corrected chi connectivity index (χ0v) is 11.2. The fourth-order valence-electron chi connectivity index (χ4n) is 1.23. The van der Waals surface area contributed by atoms with Crippen LogP contribution < -0.4 is 0 Å². The highest BCUT2D eigenvalue weighted by Crippen LogP contribution is 2.29. The van der Waals surface area contributed by atoms with Crippen molar-refractivity contribution in [1.29, 1.82) is 0 Å². The average Bonchev–Trinajstić information content (AvgIpc) is 2.27. The van der Waals surface area contributed by atoms with Crippen LogP contribution in [-0.4, -0.2) is 17.6 Å². The molecule has 0 aliphatic heterocycles. The number of nitrogens with zero attached hydrogens (tertiary/aromatic N) is 1. The smallest absolute Gasteiger partial charge is 0.341 e. The van der Waals surface area contributed by atoms with E-state index in [2.05, 4.69) is 25.7 Å². The first-order valence-corrected chi connectivity index (χ1v) is 6.21. The molecule has 0 atom stereocenters. The van der Waals surface area contributed by atoms with Gasteiger partial charge in [-0.1, -0.05) is 27.5 Å². The fourth-order valence-corrected chi connectivity index (χ4v) is 1.81. The van der Waals surface area contributed by atoms with Crippen LogP contribution in [0.3, 0.4) is 0 Å². The Balaban J connectivity index is 3.31. The molecule has 0 saturated heterocycles. The van der Waals surface area contributed by atoms with E-state index in [0.29, 0.717) is 5.69 Å². The van der Waals surface area contributed by atoms with Gasteiger partial charge in [0.2, 0.25) is 0 Å². The average molecular weight is 329 g/mol. The summed E-state index contributed by atoms with van der Waals surface area (Å²) in [5.41, 5.74) is -0.496. The van der Waals surface area contributed by atoms with E-state index in [1.54, 1.807) is 6.92 Å². The van der Waals surface area contributed by atoms with E-state index in [1.165, 1.54) is 0 Å². The molecule has 1 aromatic rings. The quantitative estimate of drug-likeness (QED) is 0.480. The van der Waals surface area contributed by atoms with Crippen molar-refractivity contribution in [3.05, 3.63) is 28.0 Å². The van der Waals surface area contributed by atoms with Crippen LogP contribution in [0.5, 0.6) is 0 Å². The Hall–Kier alpha value is -0.750. The molecule has 0 amide bonds. The number of halogens is 4. The number of esters is 1. The maximum atomic E-state index is 12.8. The van der Waals surface area contributed by atoms with Crippen LogP contribution in [0.25, 0.3) is 0 Å². The molecule has 0 unspecified atom stereocenters. The molecular weight excluding hydrogens is 319 g/mol. The SMILES string of the molecule is CCOC(=O)c1c(C(F)F)cc(CBr)nc1Cl. The number of rotatable bonds is 4. The molecule has 0 aliphatic rings. The second-order valence-corrected chi connectivity index (χ2v) is 3.94. The highest BCUT2D eigenvalue weighted by Gasteiger charge is 2.24. The number of carbonyl (C=O) groups excluding carboxylic acids is 1. The first-order valence-electron chi connectivity index (χ1n) is 4.71. The number of alkyl halides is 3. The van der Waals surface area contributed by atoms with E-state index < -0.39 is 18.0 Å². The molecule has 0 aliphatic carbocycles. The van der Waals surface area contributed by atoms with Crippen LogP contribution in [0.1, 0.15) is 35.0 Å². The highest BCUT2D eigenvalue weighted by atomic mass is 79.9. The molecule has 0 radical (unpaired) electrons. The Kier molecular flexibility index (Phi) is 5.27. The van der Waals surface area contributed by atoms with Gasteiger partial charge in [0.25, 0.3) is 6.43 Å². The summed E-state index contributed by atoms with van der Waals surface area (Å²) in [6, 6.07) is 1.14. The molecule has 1 heterocycles. The van der Waals surface area contributed by atoms with E-state index in [0.717, 1.165) is 6.07 Å². The first kappa shape index (κ1) is 14.3. The predicted molar refractivity (Wildman–Crippen MR) is 62.8 cm³/mol. The summed E-state index contributed by atoms with van der Waals surface area (Å²) in [4.78, 5) is 15.3. The summed E-state index contributed by atoms with van der Waals surface area (Å²) >= 11 is 8.81. The van der Waals surface area contributed by atoms with E-state index in [1.807, 2.05) is 0 Å². The molecule has 3 nitrogen and oxygen atoms in total. The number of carbonyl (C=O) groups is 1. The molecular formula is C10H9BrClF2NO2. The molecule has 7 heteroatoms. The first-order chi connectivity index (χ1) is 8.01. The molecule has 17 heavy (non-hydrogen) atoms. The minimum atomic E-state index is -2.81. The Morgan fingerprint density at radius 3 is 2.76 bits per heavy atom. The van der Waals surface area contributed by atoms with Crippen LogP contribution in [0.2, 0.25) is 5.15 Å². The third-order valence-corrected chi connectivity index (χ3v) is 2.76. The van der Waals surface area contributed by atoms with E-state index in [9.17, 15) is 13.6 Å². The van der Waals surface area contributed by atoms with Crippen molar-refractivity contribution in [2.45, 2.75) is 18.7 Å². The van der Waals surface area contributed by atoms with Gasteiger partial charge in [-0.3, -0.25) is 0 Å².